The molecular weight excluding hydrogens is 216 g/mol. The number of carbonyl (C=O) groups is 1. The Morgan fingerprint density at radius 2 is 2.00 bits per heavy atom. The molecule has 0 spiro atoms. The van der Waals surface area contributed by atoms with Gasteiger partial charge in [-0.25, -0.2) is 0 Å². The molecule has 0 aliphatic heterocycles. The van der Waals surface area contributed by atoms with Crippen LogP contribution in [0.25, 0.3) is 0 Å². The van der Waals surface area contributed by atoms with Gasteiger partial charge in [0, 0.05) is 12.0 Å². The number of esters is 1. The van der Waals surface area contributed by atoms with Crippen LogP contribution >= 0.6 is 0 Å². The zero-order chi connectivity index (χ0) is 12.5. The maximum Gasteiger partial charge on any atom is 0.306 e. The van der Waals surface area contributed by atoms with Crippen molar-refractivity contribution in [1.29, 1.82) is 0 Å². The van der Waals surface area contributed by atoms with Crippen LogP contribution in [0.4, 0.5) is 0 Å². The van der Waals surface area contributed by atoms with Crippen LogP contribution in [0, 0.1) is 0 Å². The van der Waals surface area contributed by atoms with Crippen LogP contribution < -0.4 is 4.74 Å². The lowest BCUT2D eigenvalue weighted by atomic mass is 10.2. The molecule has 3 heteroatoms. The minimum absolute atomic E-state index is 0.135. The second-order valence-electron chi connectivity index (χ2n) is 3.93. The fraction of sp³-hybridized carbons (Fsp3) is 0.500. The average molecular weight is 236 g/mol. The van der Waals surface area contributed by atoms with E-state index in [0.29, 0.717) is 6.42 Å². The van der Waals surface area contributed by atoms with Crippen LogP contribution in [0.2, 0.25) is 0 Å². The molecule has 17 heavy (non-hydrogen) atoms. The average Bonchev–Trinajstić information content (AvgIpc) is 2.37. The van der Waals surface area contributed by atoms with Gasteiger partial charge < -0.3 is 9.47 Å². The largest absolute Gasteiger partial charge is 0.496 e. The van der Waals surface area contributed by atoms with Crippen molar-refractivity contribution in [3.63, 3.8) is 0 Å². The number of hydrogen-bond donors (Lipinski definition) is 0. The van der Waals surface area contributed by atoms with Crippen molar-refractivity contribution in [2.75, 3.05) is 7.11 Å². The van der Waals surface area contributed by atoms with Crippen molar-refractivity contribution < 1.29 is 14.3 Å². The van der Waals surface area contributed by atoms with Gasteiger partial charge in [-0.3, -0.25) is 4.79 Å². The molecule has 3 nitrogen and oxygen atoms in total. The van der Waals surface area contributed by atoms with Gasteiger partial charge in [0.25, 0.3) is 0 Å². The molecule has 0 aromatic heterocycles. The third-order valence-electron chi connectivity index (χ3n) is 2.57. The van der Waals surface area contributed by atoms with Gasteiger partial charge in [0.1, 0.15) is 12.4 Å². The molecule has 0 atom stereocenters. The predicted octanol–water partition coefficient (Wildman–Crippen LogP) is 3.32. The third-order valence-corrected chi connectivity index (χ3v) is 2.57. The Morgan fingerprint density at radius 3 is 2.71 bits per heavy atom. The van der Waals surface area contributed by atoms with Crippen molar-refractivity contribution >= 4 is 5.97 Å². The lowest BCUT2D eigenvalue weighted by molar-refractivity contribution is -0.145. The molecule has 0 amide bonds. The summed E-state index contributed by atoms with van der Waals surface area (Å²) in [4.78, 5) is 11.4. The number of carbonyl (C=O) groups excluding carboxylic acids is 1. The summed E-state index contributed by atoms with van der Waals surface area (Å²) in [6.07, 6.45) is 3.59. The molecular formula is C14H20O3. The van der Waals surface area contributed by atoms with Gasteiger partial charge in [0.05, 0.1) is 7.11 Å². The molecule has 1 aromatic rings. The molecule has 0 N–H and O–H groups in total. The van der Waals surface area contributed by atoms with Gasteiger partial charge in [-0.1, -0.05) is 38.0 Å². The third kappa shape index (κ3) is 4.89. The first-order valence-electron chi connectivity index (χ1n) is 6.05. The number of ether oxygens (including phenoxy) is 2. The summed E-state index contributed by atoms with van der Waals surface area (Å²) in [6.45, 7) is 2.40. The van der Waals surface area contributed by atoms with E-state index in [4.69, 9.17) is 9.47 Å². The molecule has 1 rings (SSSR count). The highest BCUT2D eigenvalue weighted by Crippen LogP contribution is 2.18. The van der Waals surface area contributed by atoms with Gasteiger partial charge in [-0.2, -0.15) is 0 Å². The van der Waals surface area contributed by atoms with Gasteiger partial charge in [0.2, 0.25) is 0 Å². The summed E-state index contributed by atoms with van der Waals surface area (Å²) >= 11 is 0. The molecule has 0 saturated heterocycles. The van der Waals surface area contributed by atoms with Crippen LogP contribution in [0.3, 0.4) is 0 Å². The lowest BCUT2D eigenvalue weighted by Crippen LogP contribution is -2.05. The van der Waals surface area contributed by atoms with E-state index in [1.54, 1.807) is 7.11 Å². The molecule has 0 fully saturated rings. The molecule has 0 saturated carbocycles. The van der Waals surface area contributed by atoms with Gasteiger partial charge in [0.15, 0.2) is 0 Å². The summed E-state index contributed by atoms with van der Waals surface area (Å²) in [7, 11) is 1.61. The first-order chi connectivity index (χ1) is 8.27. The van der Waals surface area contributed by atoms with E-state index in [0.717, 1.165) is 30.6 Å². The Hall–Kier alpha value is -1.51. The summed E-state index contributed by atoms with van der Waals surface area (Å²) in [5.41, 5.74) is 0.902. The zero-order valence-electron chi connectivity index (χ0n) is 10.6. The van der Waals surface area contributed by atoms with Crippen molar-refractivity contribution in [1.82, 2.24) is 0 Å². The molecule has 0 aliphatic rings. The second kappa shape index (κ2) is 7.71. The maximum atomic E-state index is 11.4. The van der Waals surface area contributed by atoms with Crippen LogP contribution in [0.15, 0.2) is 24.3 Å². The number of hydrogen-bond acceptors (Lipinski definition) is 3. The SMILES string of the molecule is CCCCCC(=O)OCc1ccccc1OC. The number of unbranched alkanes of at least 4 members (excludes halogenated alkanes) is 2. The Balaban J connectivity index is 2.36. The first kappa shape index (κ1) is 13.6. The van der Waals surface area contributed by atoms with Crippen LogP contribution in [-0.4, -0.2) is 13.1 Å². The highest BCUT2D eigenvalue weighted by Gasteiger charge is 2.06. The van der Waals surface area contributed by atoms with Crippen LogP contribution in [0.5, 0.6) is 5.75 Å². The fourth-order valence-electron chi connectivity index (χ4n) is 1.57. The van der Waals surface area contributed by atoms with Gasteiger partial charge >= 0.3 is 5.97 Å². The van der Waals surface area contributed by atoms with E-state index >= 15 is 0 Å². The van der Waals surface area contributed by atoms with Crippen molar-refractivity contribution in [3.8, 4) is 5.75 Å². The number of para-hydroxylation sites is 1. The molecule has 0 heterocycles. The highest BCUT2D eigenvalue weighted by atomic mass is 16.5. The number of rotatable bonds is 7. The second-order valence-corrected chi connectivity index (χ2v) is 3.93. The quantitative estimate of drug-likeness (QED) is 0.538. The molecule has 0 radical (unpaired) electrons. The molecule has 0 unspecified atom stereocenters. The Labute approximate surface area is 103 Å². The van der Waals surface area contributed by atoms with Crippen LogP contribution in [-0.2, 0) is 16.1 Å². The van der Waals surface area contributed by atoms with Gasteiger partial charge in [-0.15, -0.1) is 0 Å². The lowest BCUT2D eigenvalue weighted by Gasteiger charge is -2.08. The molecule has 94 valence electrons. The Morgan fingerprint density at radius 1 is 1.24 bits per heavy atom. The fourth-order valence-corrected chi connectivity index (χ4v) is 1.57. The van der Waals surface area contributed by atoms with Crippen molar-refractivity contribution in [2.45, 2.75) is 39.2 Å². The highest BCUT2D eigenvalue weighted by molar-refractivity contribution is 5.69. The van der Waals surface area contributed by atoms with Crippen molar-refractivity contribution in [3.05, 3.63) is 29.8 Å². The number of benzene rings is 1. The standard InChI is InChI=1S/C14H20O3/c1-3-4-5-10-14(15)17-11-12-8-6-7-9-13(12)16-2/h6-9H,3-5,10-11H2,1-2H3. The minimum Gasteiger partial charge on any atom is -0.496 e. The van der Waals surface area contributed by atoms with E-state index in [2.05, 4.69) is 6.92 Å². The normalized spacial score (nSPS) is 10.0. The van der Waals surface area contributed by atoms with Gasteiger partial charge in [-0.05, 0) is 12.5 Å². The Bertz CT molecular complexity index is 347. The molecule has 0 aliphatic carbocycles. The predicted molar refractivity (Wildman–Crippen MR) is 66.9 cm³/mol. The number of methoxy groups -OCH3 is 1. The van der Waals surface area contributed by atoms with E-state index in [1.807, 2.05) is 24.3 Å². The zero-order valence-corrected chi connectivity index (χ0v) is 10.6. The Kier molecular flexibility index (Phi) is 6.15. The van der Waals surface area contributed by atoms with Crippen LogP contribution in [0.1, 0.15) is 38.2 Å². The molecule has 0 bridgehead atoms. The van der Waals surface area contributed by atoms with E-state index in [9.17, 15) is 4.79 Å². The summed E-state index contributed by atoms with van der Waals surface area (Å²) in [5, 5.41) is 0. The van der Waals surface area contributed by atoms with E-state index < -0.39 is 0 Å². The topological polar surface area (TPSA) is 35.5 Å². The maximum absolute atomic E-state index is 11.4. The van der Waals surface area contributed by atoms with E-state index in [1.165, 1.54) is 0 Å². The summed E-state index contributed by atoms with van der Waals surface area (Å²) < 4.78 is 10.4. The monoisotopic (exact) mass is 236 g/mol. The van der Waals surface area contributed by atoms with E-state index in [-0.39, 0.29) is 12.6 Å². The smallest absolute Gasteiger partial charge is 0.306 e. The summed E-state index contributed by atoms with van der Waals surface area (Å²) in [5.74, 6) is 0.623. The summed E-state index contributed by atoms with van der Waals surface area (Å²) in [6, 6.07) is 7.56. The first-order valence-corrected chi connectivity index (χ1v) is 6.05. The minimum atomic E-state index is -0.135. The molecule has 1 aromatic carbocycles. The van der Waals surface area contributed by atoms with Crippen molar-refractivity contribution in [2.24, 2.45) is 0 Å².